The van der Waals surface area contributed by atoms with Gasteiger partial charge in [-0.25, -0.2) is 15.0 Å². The molecule has 0 aliphatic carbocycles. The largest absolute Gasteiger partial charge is 0.385 e. The highest BCUT2D eigenvalue weighted by molar-refractivity contribution is 6.04. The van der Waals surface area contributed by atoms with Gasteiger partial charge in [0.25, 0.3) is 5.56 Å². The molecule has 8 nitrogen and oxygen atoms in total. The van der Waals surface area contributed by atoms with Gasteiger partial charge in [-0.3, -0.25) is 9.36 Å². The van der Waals surface area contributed by atoms with Crippen molar-refractivity contribution in [2.75, 3.05) is 13.7 Å². The molecule has 0 fully saturated rings. The number of hydrogen-bond acceptors (Lipinski definition) is 6. The van der Waals surface area contributed by atoms with E-state index < -0.39 is 0 Å². The second-order valence-electron chi connectivity index (χ2n) is 7.51. The number of nitrogens with zero attached hydrogens (tertiary/aromatic N) is 6. The van der Waals surface area contributed by atoms with Gasteiger partial charge in [0.2, 0.25) is 0 Å². The van der Waals surface area contributed by atoms with E-state index in [0.29, 0.717) is 47.6 Å². The normalized spacial score (nSPS) is 11.9. The van der Waals surface area contributed by atoms with E-state index in [9.17, 15) is 4.79 Å². The molecule has 3 aromatic heterocycles. The van der Waals surface area contributed by atoms with Crippen LogP contribution in [0.2, 0.25) is 0 Å². The Labute approximate surface area is 183 Å². The molecule has 160 valence electrons. The van der Waals surface area contributed by atoms with Crippen LogP contribution in [0, 0.1) is 6.92 Å². The van der Waals surface area contributed by atoms with Gasteiger partial charge >= 0.3 is 0 Å². The van der Waals surface area contributed by atoms with E-state index >= 15 is 0 Å². The molecule has 8 heteroatoms. The molecule has 0 saturated heterocycles. The van der Waals surface area contributed by atoms with Gasteiger partial charge in [0.05, 0.1) is 17.2 Å². The zero-order valence-corrected chi connectivity index (χ0v) is 17.9. The summed E-state index contributed by atoms with van der Waals surface area (Å²) in [6.07, 6.45) is 2.45. The first kappa shape index (κ1) is 20.0. The molecule has 0 N–H and O–H groups in total. The van der Waals surface area contributed by atoms with Gasteiger partial charge in [0.1, 0.15) is 16.7 Å². The summed E-state index contributed by atoms with van der Waals surface area (Å²) < 4.78 is 8.43. The summed E-state index contributed by atoms with van der Waals surface area (Å²) >= 11 is 0. The minimum atomic E-state index is -0.146. The minimum absolute atomic E-state index is 0.146. The van der Waals surface area contributed by atoms with Gasteiger partial charge in [-0.1, -0.05) is 42.5 Å². The highest BCUT2D eigenvalue weighted by atomic mass is 16.5. The molecule has 5 aromatic rings. The number of para-hydroxylation sites is 2. The summed E-state index contributed by atoms with van der Waals surface area (Å²) in [5.74, 6) is 0.613. The third kappa shape index (κ3) is 3.44. The minimum Gasteiger partial charge on any atom is -0.385 e. The average Bonchev–Trinajstić information content (AvgIpc) is 3.11. The smallest absolute Gasteiger partial charge is 0.265 e. The van der Waals surface area contributed by atoms with Crippen molar-refractivity contribution in [3.63, 3.8) is 0 Å². The summed E-state index contributed by atoms with van der Waals surface area (Å²) in [4.78, 5) is 27.8. The molecule has 0 saturated carbocycles. The van der Waals surface area contributed by atoms with Gasteiger partial charge in [-0.2, -0.15) is 9.78 Å². The third-order valence-electron chi connectivity index (χ3n) is 5.38. The number of rotatable bonds is 6. The first-order valence-corrected chi connectivity index (χ1v) is 10.4. The molecule has 0 aliphatic rings. The number of methoxy groups -OCH3 is 1. The predicted octanol–water partition coefficient (Wildman–Crippen LogP) is 3.52. The Balaban J connectivity index is 1.81. The van der Waals surface area contributed by atoms with Crippen molar-refractivity contribution in [3.05, 3.63) is 76.3 Å². The van der Waals surface area contributed by atoms with Crippen molar-refractivity contribution in [2.24, 2.45) is 5.10 Å². The number of ether oxygens (including phenoxy) is 1. The van der Waals surface area contributed by atoms with Crippen LogP contribution in [0.25, 0.3) is 33.2 Å². The van der Waals surface area contributed by atoms with E-state index in [1.54, 1.807) is 22.6 Å². The lowest BCUT2D eigenvalue weighted by Gasteiger charge is -2.09. The van der Waals surface area contributed by atoms with Crippen LogP contribution >= 0.6 is 0 Å². The molecule has 0 spiro atoms. The maximum absolute atomic E-state index is 13.5. The highest BCUT2D eigenvalue weighted by Crippen LogP contribution is 2.25. The second kappa shape index (κ2) is 8.32. The van der Waals surface area contributed by atoms with E-state index in [1.165, 1.54) is 0 Å². The number of hydrogen-bond donors (Lipinski definition) is 0. The fraction of sp³-hybridized carbons (Fsp3) is 0.208. The molecular formula is C24H22N6O2. The maximum Gasteiger partial charge on any atom is 0.265 e. The molecule has 32 heavy (non-hydrogen) atoms. The van der Waals surface area contributed by atoms with Gasteiger partial charge in [0, 0.05) is 20.3 Å². The van der Waals surface area contributed by atoms with Gasteiger partial charge in [-0.15, -0.1) is 0 Å². The van der Waals surface area contributed by atoms with Crippen LogP contribution in [0.3, 0.4) is 0 Å². The standard InChI is InChI=1S/C24H22N6O2/c1-16-26-22-20(24(31)29(16)13-8-14-32-2)21-23(28-19-12-7-6-11-18(19)27-21)30(22)25-15-17-9-4-3-5-10-17/h3-7,9-12,15H,8,13-14H2,1-2H3/b25-15-. The van der Waals surface area contributed by atoms with Crippen LogP contribution in [0.15, 0.2) is 64.5 Å². The van der Waals surface area contributed by atoms with E-state index in [4.69, 9.17) is 19.7 Å². The topological polar surface area (TPSA) is 87.2 Å². The maximum atomic E-state index is 13.5. The van der Waals surface area contributed by atoms with E-state index in [1.807, 2.05) is 61.5 Å². The fourth-order valence-electron chi connectivity index (χ4n) is 3.82. The lowest BCUT2D eigenvalue weighted by Crippen LogP contribution is -2.24. The van der Waals surface area contributed by atoms with Gasteiger partial charge in [0.15, 0.2) is 11.3 Å². The molecule has 3 heterocycles. The van der Waals surface area contributed by atoms with Crippen molar-refractivity contribution >= 4 is 39.4 Å². The zero-order chi connectivity index (χ0) is 22.1. The van der Waals surface area contributed by atoms with Crippen LogP contribution in [-0.4, -0.2) is 44.1 Å². The van der Waals surface area contributed by atoms with Gasteiger partial charge in [-0.05, 0) is 31.0 Å². The fourth-order valence-corrected chi connectivity index (χ4v) is 3.82. The Bertz CT molecular complexity index is 1520. The Morgan fingerprint density at radius 1 is 0.969 bits per heavy atom. The van der Waals surface area contributed by atoms with Crippen molar-refractivity contribution in [1.82, 2.24) is 24.2 Å². The SMILES string of the molecule is COCCCn1c(C)nc2c(c1=O)c1nc3ccccc3nc1n2/N=C\c1ccccc1. The lowest BCUT2D eigenvalue weighted by molar-refractivity contribution is 0.189. The summed E-state index contributed by atoms with van der Waals surface area (Å²) in [6.45, 7) is 2.91. The Hall–Kier alpha value is -3.91. The summed E-state index contributed by atoms with van der Waals surface area (Å²) in [5, 5.41) is 5.07. The van der Waals surface area contributed by atoms with Crippen LogP contribution < -0.4 is 5.56 Å². The van der Waals surface area contributed by atoms with Gasteiger partial charge < -0.3 is 4.74 Å². The molecule has 0 aliphatic heterocycles. The van der Waals surface area contributed by atoms with Crippen molar-refractivity contribution < 1.29 is 4.74 Å². The Kier molecular flexibility index (Phi) is 5.20. The van der Waals surface area contributed by atoms with Crippen molar-refractivity contribution in [3.8, 4) is 0 Å². The predicted molar refractivity (Wildman–Crippen MR) is 125 cm³/mol. The monoisotopic (exact) mass is 426 g/mol. The van der Waals surface area contributed by atoms with Crippen LogP contribution in [0.5, 0.6) is 0 Å². The molecule has 0 bridgehead atoms. The summed E-state index contributed by atoms with van der Waals surface area (Å²) in [5.41, 5.74) is 3.69. The van der Waals surface area contributed by atoms with E-state index in [2.05, 4.69) is 5.10 Å². The van der Waals surface area contributed by atoms with Crippen molar-refractivity contribution in [1.29, 1.82) is 0 Å². The molecule has 0 atom stereocenters. The van der Waals surface area contributed by atoms with E-state index in [-0.39, 0.29) is 5.56 Å². The quantitative estimate of drug-likeness (QED) is 0.306. The van der Waals surface area contributed by atoms with E-state index in [0.717, 1.165) is 16.6 Å². The van der Waals surface area contributed by atoms with Crippen molar-refractivity contribution in [2.45, 2.75) is 19.9 Å². The lowest BCUT2D eigenvalue weighted by atomic mass is 10.2. The highest BCUT2D eigenvalue weighted by Gasteiger charge is 2.21. The Morgan fingerprint density at radius 3 is 2.44 bits per heavy atom. The van der Waals surface area contributed by atoms with Crippen LogP contribution in [0.1, 0.15) is 17.8 Å². The Morgan fingerprint density at radius 2 is 1.69 bits per heavy atom. The molecule has 2 aromatic carbocycles. The first-order chi connectivity index (χ1) is 15.7. The number of benzene rings is 2. The molecule has 0 unspecified atom stereocenters. The molecular weight excluding hydrogens is 404 g/mol. The average molecular weight is 426 g/mol. The first-order valence-electron chi connectivity index (χ1n) is 10.4. The number of aryl methyl sites for hydroxylation is 1. The third-order valence-corrected chi connectivity index (χ3v) is 5.38. The summed E-state index contributed by atoms with van der Waals surface area (Å²) in [6, 6.07) is 17.4. The molecule has 0 radical (unpaired) electrons. The van der Waals surface area contributed by atoms with Crippen LogP contribution in [0.4, 0.5) is 0 Å². The molecule has 5 rings (SSSR count). The second-order valence-corrected chi connectivity index (χ2v) is 7.51. The number of aromatic nitrogens is 5. The zero-order valence-electron chi connectivity index (χ0n) is 17.9. The number of fused-ring (bicyclic) bond motifs is 4. The molecule has 0 amide bonds. The van der Waals surface area contributed by atoms with Crippen LogP contribution in [-0.2, 0) is 11.3 Å². The summed E-state index contributed by atoms with van der Waals surface area (Å²) in [7, 11) is 1.65.